The monoisotopic (exact) mass is 391 g/mol. The van der Waals surface area contributed by atoms with Gasteiger partial charge in [0.05, 0.1) is 10.6 Å². The summed E-state index contributed by atoms with van der Waals surface area (Å²) in [6, 6.07) is 16.2. The van der Waals surface area contributed by atoms with Gasteiger partial charge in [-0.25, -0.2) is 4.68 Å². The van der Waals surface area contributed by atoms with E-state index in [1.54, 1.807) is 0 Å². The molecule has 6 heteroatoms. The van der Waals surface area contributed by atoms with Gasteiger partial charge in [0.15, 0.2) is 0 Å². The minimum Gasteiger partial charge on any atom is -0.307 e. The average molecular weight is 392 g/mol. The van der Waals surface area contributed by atoms with Crippen LogP contribution in [0.5, 0.6) is 0 Å². The standard InChI is InChI=1S/C21H17N3OS2/c1-13-8-9-14(2)17(10-13)19-15(11-18-20(25)22-21(26)27-18)12-24(23-19)16-6-4-3-5-7-16/h3-12H,1-2H3,(H,22,25,26)/b18-11-. The van der Waals surface area contributed by atoms with Crippen molar-refractivity contribution in [3.63, 3.8) is 0 Å². The van der Waals surface area contributed by atoms with E-state index in [9.17, 15) is 4.79 Å². The van der Waals surface area contributed by atoms with Crippen molar-refractivity contribution in [1.82, 2.24) is 15.1 Å². The van der Waals surface area contributed by atoms with E-state index in [1.807, 2.05) is 47.3 Å². The minimum absolute atomic E-state index is 0.163. The number of para-hydroxylation sites is 1. The van der Waals surface area contributed by atoms with Crippen LogP contribution in [0.1, 0.15) is 16.7 Å². The molecule has 4 nitrogen and oxygen atoms in total. The van der Waals surface area contributed by atoms with Crippen LogP contribution >= 0.6 is 24.0 Å². The van der Waals surface area contributed by atoms with E-state index in [0.717, 1.165) is 33.6 Å². The van der Waals surface area contributed by atoms with Crippen molar-refractivity contribution in [2.75, 3.05) is 0 Å². The van der Waals surface area contributed by atoms with E-state index in [0.29, 0.717) is 9.23 Å². The van der Waals surface area contributed by atoms with Gasteiger partial charge < -0.3 is 5.32 Å². The van der Waals surface area contributed by atoms with E-state index in [1.165, 1.54) is 11.8 Å². The molecule has 1 aliphatic rings. The van der Waals surface area contributed by atoms with Gasteiger partial charge in [-0.15, -0.1) is 0 Å². The summed E-state index contributed by atoms with van der Waals surface area (Å²) in [7, 11) is 0. The van der Waals surface area contributed by atoms with Crippen LogP contribution in [0.4, 0.5) is 0 Å². The minimum atomic E-state index is -0.163. The van der Waals surface area contributed by atoms with E-state index in [4.69, 9.17) is 17.3 Å². The highest BCUT2D eigenvalue weighted by molar-refractivity contribution is 8.26. The van der Waals surface area contributed by atoms with Crippen molar-refractivity contribution in [2.24, 2.45) is 0 Å². The molecule has 2 aromatic carbocycles. The lowest BCUT2D eigenvalue weighted by Crippen LogP contribution is -2.17. The Hall–Kier alpha value is -2.70. The molecule has 134 valence electrons. The number of rotatable bonds is 3. The summed E-state index contributed by atoms with van der Waals surface area (Å²) in [5, 5.41) is 7.50. The first-order valence-electron chi connectivity index (χ1n) is 8.49. The van der Waals surface area contributed by atoms with Crippen molar-refractivity contribution >= 4 is 40.3 Å². The quantitative estimate of drug-likeness (QED) is 0.522. The number of thiocarbonyl (C=S) groups is 1. The van der Waals surface area contributed by atoms with Crippen molar-refractivity contribution in [3.05, 3.63) is 76.3 Å². The number of carbonyl (C=O) groups is 1. The third-order valence-corrected chi connectivity index (χ3v) is 5.50. The summed E-state index contributed by atoms with van der Waals surface area (Å²) in [5.74, 6) is -0.163. The topological polar surface area (TPSA) is 46.9 Å². The Morgan fingerprint density at radius 3 is 2.63 bits per heavy atom. The lowest BCUT2D eigenvalue weighted by molar-refractivity contribution is -0.115. The number of carbonyl (C=O) groups excluding carboxylic acids is 1. The summed E-state index contributed by atoms with van der Waals surface area (Å²) < 4.78 is 2.33. The van der Waals surface area contributed by atoms with Gasteiger partial charge in [-0.05, 0) is 43.7 Å². The van der Waals surface area contributed by atoms with Gasteiger partial charge >= 0.3 is 0 Å². The van der Waals surface area contributed by atoms with Crippen LogP contribution in [0.15, 0.2) is 59.6 Å². The molecule has 0 atom stereocenters. The molecule has 0 aliphatic carbocycles. The second-order valence-electron chi connectivity index (χ2n) is 6.38. The molecular formula is C21H17N3OS2. The average Bonchev–Trinajstić information content (AvgIpc) is 3.21. The number of amides is 1. The summed E-state index contributed by atoms with van der Waals surface area (Å²) >= 11 is 6.38. The molecule has 1 amide bonds. The number of hydrogen-bond donors (Lipinski definition) is 1. The number of benzene rings is 2. The fraction of sp³-hybridized carbons (Fsp3) is 0.0952. The van der Waals surface area contributed by atoms with Crippen molar-refractivity contribution in [1.29, 1.82) is 0 Å². The van der Waals surface area contributed by atoms with Crippen LogP contribution in [0.3, 0.4) is 0 Å². The largest absolute Gasteiger partial charge is 0.307 e. The highest BCUT2D eigenvalue weighted by atomic mass is 32.2. The van der Waals surface area contributed by atoms with Crippen molar-refractivity contribution in [3.8, 4) is 16.9 Å². The Labute approximate surface area is 167 Å². The zero-order valence-electron chi connectivity index (χ0n) is 14.9. The maximum atomic E-state index is 12.1. The maximum absolute atomic E-state index is 12.1. The van der Waals surface area contributed by atoms with Gasteiger partial charge in [0.2, 0.25) is 0 Å². The Bertz CT molecular complexity index is 1080. The molecule has 0 spiro atoms. The number of hydrogen-bond acceptors (Lipinski definition) is 4. The molecule has 1 fully saturated rings. The van der Waals surface area contributed by atoms with Gasteiger partial charge in [0.1, 0.15) is 10.0 Å². The summed E-state index contributed by atoms with van der Waals surface area (Å²) in [4.78, 5) is 12.7. The predicted molar refractivity (Wildman–Crippen MR) is 115 cm³/mol. The third kappa shape index (κ3) is 3.59. The molecule has 0 saturated carbocycles. The smallest absolute Gasteiger partial charge is 0.263 e. The summed E-state index contributed by atoms with van der Waals surface area (Å²) in [5.41, 5.74) is 6.05. The molecule has 0 radical (unpaired) electrons. The first kappa shape index (κ1) is 17.7. The maximum Gasteiger partial charge on any atom is 0.263 e. The number of nitrogens with one attached hydrogen (secondary N) is 1. The van der Waals surface area contributed by atoms with E-state index in [2.05, 4.69) is 37.4 Å². The first-order chi connectivity index (χ1) is 13.0. The van der Waals surface area contributed by atoms with Crippen LogP contribution in [0.25, 0.3) is 23.0 Å². The fourth-order valence-electron chi connectivity index (χ4n) is 2.97. The van der Waals surface area contributed by atoms with Crippen molar-refractivity contribution < 1.29 is 4.79 Å². The number of aromatic nitrogens is 2. The Balaban J connectivity index is 1.89. The normalized spacial score (nSPS) is 15.4. The molecule has 4 rings (SSSR count). The molecule has 1 saturated heterocycles. The van der Waals surface area contributed by atoms with Crippen LogP contribution in [0.2, 0.25) is 0 Å². The highest BCUT2D eigenvalue weighted by Crippen LogP contribution is 2.32. The van der Waals surface area contributed by atoms with E-state index >= 15 is 0 Å². The second-order valence-corrected chi connectivity index (χ2v) is 8.10. The Morgan fingerprint density at radius 2 is 1.93 bits per heavy atom. The lowest BCUT2D eigenvalue weighted by atomic mass is 10.0. The Kier molecular flexibility index (Phi) is 4.68. The van der Waals surface area contributed by atoms with Gasteiger partial charge in [-0.3, -0.25) is 4.79 Å². The predicted octanol–water partition coefficient (Wildman–Crippen LogP) is 4.64. The van der Waals surface area contributed by atoms with Crippen LogP contribution < -0.4 is 5.32 Å². The summed E-state index contributed by atoms with van der Waals surface area (Å²) in [6.07, 6.45) is 3.82. The summed E-state index contributed by atoms with van der Waals surface area (Å²) in [6.45, 7) is 4.13. The highest BCUT2D eigenvalue weighted by Gasteiger charge is 2.23. The van der Waals surface area contributed by atoms with Crippen LogP contribution in [-0.2, 0) is 4.79 Å². The molecule has 1 aliphatic heterocycles. The van der Waals surface area contributed by atoms with E-state index in [-0.39, 0.29) is 5.91 Å². The van der Waals surface area contributed by atoms with Gasteiger partial charge in [-0.1, -0.05) is 59.9 Å². The number of aryl methyl sites for hydroxylation is 2. The zero-order chi connectivity index (χ0) is 19.0. The second kappa shape index (κ2) is 7.13. The molecule has 0 bridgehead atoms. The number of nitrogens with zero attached hydrogens (tertiary/aromatic N) is 2. The zero-order valence-corrected chi connectivity index (χ0v) is 16.5. The Morgan fingerprint density at radius 1 is 1.15 bits per heavy atom. The first-order valence-corrected chi connectivity index (χ1v) is 9.71. The molecule has 27 heavy (non-hydrogen) atoms. The van der Waals surface area contributed by atoms with Crippen LogP contribution in [-0.4, -0.2) is 20.0 Å². The fourth-order valence-corrected chi connectivity index (χ4v) is 4.00. The lowest BCUT2D eigenvalue weighted by Gasteiger charge is -2.06. The third-order valence-electron chi connectivity index (χ3n) is 4.34. The molecule has 2 heterocycles. The molecule has 1 aromatic heterocycles. The van der Waals surface area contributed by atoms with Gasteiger partial charge in [0, 0.05) is 17.3 Å². The van der Waals surface area contributed by atoms with Crippen molar-refractivity contribution in [2.45, 2.75) is 13.8 Å². The molecular weight excluding hydrogens is 374 g/mol. The van der Waals surface area contributed by atoms with Crippen LogP contribution in [0, 0.1) is 13.8 Å². The molecule has 0 unspecified atom stereocenters. The molecule has 1 N–H and O–H groups in total. The number of thioether (sulfide) groups is 1. The SMILES string of the molecule is Cc1ccc(C)c(-c2nn(-c3ccccc3)cc2/C=C2\SC(=S)NC2=O)c1. The molecule has 3 aromatic rings. The van der Waals surface area contributed by atoms with E-state index < -0.39 is 0 Å². The van der Waals surface area contributed by atoms with Gasteiger partial charge in [-0.2, -0.15) is 5.10 Å². The van der Waals surface area contributed by atoms with Gasteiger partial charge in [0.25, 0.3) is 5.91 Å².